The van der Waals surface area contributed by atoms with Gasteiger partial charge in [0, 0.05) is 17.6 Å². The molecule has 1 aromatic rings. The van der Waals surface area contributed by atoms with Gasteiger partial charge in [0.05, 0.1) is 0 Å². The van der Waals surface area contributed by atoms with Crippen LogP contribution in [-0.4, -0.2) is 21.0 Å². The number of halogens is 2. The van der Waals surface area contributed by atoms with E-state index in [1.54, 1.807) is 6.92 Å². The first kappa shape index (κ1) is 13.4. The lowest BCUT2D eigenvalue weighted by Gasteiger charge is -2.09. The minimum Gasteiger partial charge on any atom is -0.327 e. The second-order valence-electron chi connectivity index (χ2n) is 3.40. The minimum atomic E-state index is -3.87. The standard InChI is InChI=1S/C9H12ClFN2O2S/c1-6(12)5-13-16(14,15)9-3-2-7(10)4-8(9)11/h2-4,6,13H,5,12H2,1H3. The Labute approximate surface area is 98.6 Å². The predicted octanol–water partition coefficient (Wildman–Crippen LogP) is 1.10. The molecule has 16 heavy (non-hydrogen) atoms. The molecule has 0 amide bonds. The van der Waals surface area contributed by atoms with Crippen molar-refractivity contribution < 1.29 is 12.8 Å². The average molecular weight is 267 g/mol. The van der Waals surface area contributed by atoms with Gasteiger partial charge in [0.1, 0.15) is 10.7 Å². The lowest BCUT2D eigenvalue weighted by molar-refractivity contribution is 0.552. The summed E-state index contributed by atoms with van der Waals surface area (Å²) in [6.45, 7) is 1.69. The second-order valence-corrected chi connectivity index (χ2v) is 5.58. The third-order valence-electron chi connectivity index (χ3n) is 1.78. The van der Waals surface area contributed by atoms with E-state index in [2.05, 4.69) is 4.72 Å². The van der Waals surface area contributed by atoms with Crippen molar-refractivity contribution in [2.75, 3.05) is 6.54 Å². The largest absolute Gasteiger partial charge is 0.327 e. The maximum absolute atomic E-state index is 13.3. The van der Waals surface area contributed by atoms with Gasteiger partial charge in [0.2, 0.25) is 10.0 Å². The van der Waals surface area contributed by atoms with Crippen molar-refractivity contribution in [2.24, 2.45) is 5.73 Å². The smallest absolute Gasteiger partial charge is 0.243 e. The zero-order valence-electron chi connectivity index (χ0n) is 8.57. The molecule has 1 rings (SSSR count). The van der Waals surface area contributed by atoms with Crippen LogP contribution in [0.4, 0.5) is 4.39 Å². The Bertz CT molecular complexity index is 476. The van der Waals surface area contributed by atoms with Gasteiger partial charge in [-0.05, 0) is 25.1 Å². The first-order valence-corrected chi connectivity index (χ1v) is 6.39. The van der Waals surface area contributed by atoms with E-state index in [4.69, 9.17) is 17.3 Å². The molecule has 4 nitrogen and oxygen atoms in total. The van der Waals surface area contributed by atoms with Gasteiger partial charge in [0.25, 0.3) is 0 Å². The summed E-state index contributed by atoms with van der Waals surface area (Å²) < 4.78 is 38.8. The number of hydrogen-bond donors (Lipinski definition) is 2. The Morgan fingerprint density at radius 3 is 2.69 bits per heavy atom. The average Bonchev–Trinajstić information content (AvgIpc) is 2.14. The summed E-state index contributed by atoms with van der Waals surface area (Å²) in [5.74, 6) is -0.885. The molecule has 0 radical (unpaired) electrons. The summed E-state index contributed by atoms with van der Waals surface area (Å²) in [5.41, 5.74) is 5.40. The highest BCUT2D eigenvalue weighted by atomic mass is 35.5. The van der Waals surface area contributed by atoms with Gasteiger partial charge in [-0.2, -0.15) is 0 Å². The fourth-order valence-corrected chi connectivity index (χ4v) is 2.37. The summed E-state index contributed by atoms with van der Waals surface area (Å²) in [4.78, 5) is -0.433. The fraction of sp³-hybridized carbons (Fsp3) is 0.333. The van der Waals surface area contributed by atoms with Crippen molar-refractivity contribution in [1.29, 1.82) is 0 Å². The first-order chi connectivity index (χ1) is 7.33. The highest BCUT2D eigenvalue weighted by Crippen LogP contribution is 2.18. The molecule has 0 heterocycles. The Balaban J connectivity index is 2.99. The lowest BCUT2D eigenvalue weighted by Crippen LogP contribution is -2.35. The minimum absolute atomic E-state index is 0.0460. The highest BCUT2D eigenvalue weighted by molar-refractivity contribution is 7.89. The zero-order valence-corrected chi connectivity index (χ0v) is 10.1. The lowest BCUT2D eigenvalue weighted by atomic mass is 10.3. The van der Waals surface area contributed by atoms with Crippen LogP contribution in [0.2, 0.25) is 5.02 Å². The molecule has 1 aromatic carbocycles. The molecule has 0 aliphatic heterocycles. The van der Waals surface area contributed by atoms with Gasteiger partial charge in [-0.1, -0.05) is 11.6 Å². The molecule has 7 heteroatoms. The molecule has 0 fully saturated rings. The van der Waals surface area contributed by atoms with Crippen LogP contribution in [0.1, 0.15) is 6.92 Å². The van der Waals surface area contributed by atoms with Crippen molar-refractivity contribution in [3.63, 3.8) is 0 Å². The molecule has 1 unspecified atom stereocenters. The molecule has 0 saturated heterocycles. The normalized spacial score (nSPS) is 13.8. The van der Waals surface area contributed by atoms with Gasteiger partial charge >= 0.3 is 0 Å². The van der Waals surface area contributed by atoms with Crippen LogP contribution in [0.5, 0.6) is 0 Å². The molecule has 3 N–H and O–H groups in total. The molecular formula is C9H12ClFN2O2S. The monoisotopic (exact) mass is 266 g/mol. The van der Waals surface area contributed by atoms with Gasteiger partial charge in [-0.15, -0.1) is 0 Å². The molecule has 0 aliphatic carbocycles. The maximum Gasteiger partial charge on any atom is 0.243 e. The van der Waals surface area contributed by atoms with E-state index >= 15 is 0 Å². The van der Waals surface area contributed by atoms with Crippen molar-refractivity contribution in [3.8, 4) is 0 Å². The third kappa shape index (κ3) is 3.41. The quantitative estimate of drug-likeness (QED) is 0.857. The van der Waals surface area contributed by atoms with Gasteiger partial charge in [0.15, 0.2) is 0 Å². The van der Waals surface area contributed by atoms with Crippen molar-refractivity contribution in [2.45, 2.75) is 17.9 Å². The molecule has 0 saturated carbocycles. The Morgan fingerprint density at radius 2 is 2.19 bits per heavy atom. The van der Waals surface area contributed by atoms with Crippen molar-refractivity contribution in [3.05, 3.63) is 29.0 Å². The summed E-state index contributed by atoms with van der Waals surface area (Å²) >= 11 is 5.52. The Morgan fingerprint density at radius 1 is 1.56 bits per heavy atom. The zero-order chi connectivity index (χ0) is 12.3. The van der Waals surface area contributed by atoms with Gasteiger partial charge in [-0.25, -0.2) is 17.5 Å². The van der Waals surface area contributed by atoms with Crippen LogP contribution < -0.4 is 10.5 Å². The van der Waals surface area contributed by atoms with Crippen molar-refractivity contribution in [1.82, 2.24) is 4.72 Å². The summed E-state index contributed by atoms with van der Waals surface area (Å²) in [5, 5.41) is 0.142. The number of hydrogen-bond acceptors (Lipinski definition) is 3. The van der Waals surface area contributed by atoms with Crippen LogP contribution >= 0.6 is 11.6 Å². The van der Waals surface area contributed by atoms with Crippen LogP contribution in [0.25, 0.3) is 0 Å². The molecule has 0 bridgehead atoms. The van der Waals surface area contributed by atoms with Crippen molar-refractivity contribution >= 4 is 21.6 Å². The second kappa shape index (κ2) is 5.09. The Kier molecular flexibility index (Phi) is 4.26. The predicted molar refractivity (Wildman–Crippen MR) is 60.2 cm³/mol. The number of nitrogens with one attached hydrogen (secondary N) is 1. The topological polar surface area (TPSA) is 72.2 Å². The number of nitrogens with two attached hydrogens (primary N) is 1. The van der Waals surface area contributed by atoms with E-state index in [1.165, 1.54) is 6.07 Å². The maximum atomic E-state index is 13.3. The Hall–Kier alpha value is -0.690. The number of benzene rings is 1. The van der Waals surface area contributed by atoms with E-state index in [-0.39, 0.29) is 17.6 Å². The van der Waals surface area contributed by atoms with E-state index in [0.29, 0.717) is 0 Å². The number of rotatable bonds is 4. The molecule has 0 spiro atoms. The number of sulfonamides is 1. The molecule has 0 aliphatic rings. The van der Waals surface area contributed by atoms with Gasteiger partial charge < -0.3 is 5.73 Å². The highest BCUT2D eigenvalue weighted by Gasteiger charge is 2.18. The van der Waals surface area contributed by atoms with Crippen LogP contribution in [0.15, 0.2) is 23.1 Å². The summed E-state index contributed by atoms with van der Waals surface area (Å²) in [6.07, 6.45) is 0. The van der Waals surface area contributed by atoms with E-state index < -0.39 is 20.7 Å². The molecule has 1 atom stereocenters. The fourth-order valence-electron chi connectivity index (χ4n) is 1.01. The van der Waals surface area contributed by atoms with E-state index in [0.717, 1.165) is 12.1 Å². The van der Waals surface area contributed by atoms with Crippen LogP contribution in [-0.2, 0) is 10.0 Å². The van der Waals surface area contributed by atoms with E-state index in [1.807, 2.05) is 0 Å². The summed E-state index contributed by atoms with van der Waals surface area (Å²) in [6, 6.07) is 3.03. The van der Waals surface area contributed by atoms with Crippen LogP contribution in [0.3, 0.4) is 0 Å². The third-order valence-corrected chi connectivity index (χ3v) is 3.47. The van der Waals surface area contributed by atoms with E-state index in [9.17, 15) is 12.8 Å². The summed E-state index contributed by atoms with van der Waals surface area (Å²) in [7, 11) is -3.87. The molecule has 90 valence electrons. The van der Waals surface area contributed by atoms with Crippen LogP contribution in [0, 0.1) is 5.82 Å². The molecular weight excluding hydrogens is 255 g/mol. The van der Waals surface area contributed by atoms with Gasteiger partial charge in [-0.3, -0.25) is 0 Å². The SMILES string of the molecule is CC(N)CNS(=O)(=O)c1ccc(Cl)cc1F. The first-order valence-electron chi connectivity index (χ1n) is 4.53. The molecule has 0 aromatic heterocycles.